The van der Waals surface area contributed by atoms with Crippen molar-refractivity contribution >= 4 is 23.3 Å². The molecule has 7 heteroatoms. The third kappa shape index (κ3) is 3.88. The number of nitrogens with zero attached hydrogens (tertiary/aromatic N) is 3. The molecular formula is C22H28N4O2S. The lowest BCUT2D eigenvalue weighted by Crippen LogP contribution is -2.31. The van der Waals surface area contributed by atoms with E-state index in [0.717, 1.165) is 5.69 Å². The first-order valence-corrected chi connectivity index (χ1v) is 10.6. The highest BCUT2D eigenvalue weighted by atomic mass is 32.1. The molecule has 2 fully saturated rings. The first-order valence-electron chi connectivity index (χ1n) is 10.2. The number of aryl methyl sites for hydroxylation is 1. The van der Waals surface area contributed by atoms with Crippen LogP contribution in [0.25, 0.3) is 0 Å². The van der Waals surface area contributed by atoms with E-state index in [-0.39, 0.29) is 18.1 Å². The van der Waals surface area contributed by atoms with Crippen molar-refractivity contribution in [2.24, 2.45) is 0 Å². The summed E-state index contributed by atoms with van der Waals surface area (Å²) in [5, 5.41) is 4.21. The summed E-state index contributed by atoms with van der Waals surface area (Å²) in [7, 11) is 1.43. The monoisotopic (exact) mass is 412 g/mol. The number of nitrogens with one attached hydrogen (secondary N) is 1. The van der Waals surface area contributed by atoms with Crippen LogP contribution in [-0.4, -0.2) is 39.2 Å². The van der Waals surface area contributed by atoms with Crippen molar-refractivity contribution in [1.82, 2.24) is 19.8 Å². The van der Waals surface area contributed by atoms with Crippen molar-refractivity contribution in [3.05, 3.63) is 53.1 Å². The number of thiocarbonyl (C=S) groups is 1. The standard InChI is InChI=1S/C22H28N4O2S/c1-14-13-17(15(2)26(14)16-9-10-16)21-20(18-7-4-5-11-23-18)24-22(29)25(21)12-6-8-19(27)28-3/h4-5,7,11,13,16,20-21H,6,8-10,12H2,1-3H3,(H,24,29)/t20-,21+/m1/s1. The predicted molar refractivity (Wildman–Crippen MR) is 116 cm³/mol. The molecule has 154 valence electrons. The van der Waals surface area contributed by atoms with Crippen molar-refractivity contribution in [3.63, 3.8) is 0 Å². The van der Waals surface area contributed by atoms with Gasteiger partial charge in [0.2, 0.25) is 0 Å². The Morgan fingerprint density at radius 2 is 2.14 bits per heavy atom. The van der Waals surface area contributed by atoms with Gasteiger partial charge >= 0.3 is 5.97 Å². The van der Waals surface area contributed by atoms with Crippen LogP contribution in [0.2, 0.25) is 0 Å². The first kappa shape index (κ1) is 19.9. The lowest BCUT2D eigenvalue weighted by Gasteiger charge is -2.28. The Morgan fingerprint density at radius 1 is 1.34 bits per heavy atom. The van der Waals surface area contributed by atoms with Crippen LogP contribution in [0.4, 0.5) is 0 Å². The number of carbonyl (C=O) groups is 1. The lowest BCUT2D eigenvalue weighted by atomic mass is 9.96. The molecule has 4 rings (SSSR count). The van der Waals surface area contributed by atoms with E-state index in [1.165, 1.54) is 36.9 Å². The molecule has 2 atom stereocenters. The summed E-state index contributed by atoms with van der Waals surface area (Å²) in [6.45, 7) is 5.10. The molecule has 1 saturated carbocycles. The molecule has 0 aromatic carbocycles. The number of aromatic nitrogens is 2. The van der Waals surface area contributed by atoms with Crippen molar-refractivity contribution < 1.29 is 9.53 Å². The molecule has 0 amide bonds. The molecule has 29 heavy (non-hydrogen) atoms. The highest BCUT2D eigenvalue weighted by Crippen LogP contribution is 2.44. The van der Waals surface area contributed by atoms with Gasteiger partial charge in [-0.1, -0.05) is 6.07 Å². The predicted octanol–water partition coefficient (Wildman–Crippen LogP) is 3.76. The first-order chi connectivity index (χ1) is 14.0. The van der Waals surface area contributed by atoms with Crippen LogP contribution in [0.1, 0.15) is 66.5 Å². The molecule has 1 saturated heterocycles. The van der Waals surface area contributed by atoms with Gasteiger partial charge in [0.05, 0.1) is 24.9 Å². The maximum absolute atomic E-state index is 11.6. The second-order valence-electron chi connectivity index (χ2n) is 7.93. The Bertz CT molecular complexity index is 907. The summed E-state index contributed by atoms with van der Waals surface area (Å²) >= 11 is 5.71. The Balaban J connectivity index is 1.68. The quantitative estimate of drug-likeness (QED) is 0.552. The van der Waals surface area contributed by atoms with Gasteiger partial charge in [0.25, 0.3) is 0 Å². The van der Waals surface area contributed by atoms with E-state index >= 15 is 0 Å². The number of ether oxygens (including phenoxy) is 1. The average Bonchev–Trinajstić information content (AvgIpc) is 3.44. The van der Waals surface area contributed by atoms with Gasteiger partial charge in [-0.3, -0.25) is 9.78 Å². The molecule has 0 spiro atoms. The molecule has 1 aliphatic heterocycles. The number of carbonyl (C=O) groups excluding carboxylic acids is 1. The topological polar surface area (TPSA) is 59.4 Å². The molecule has 2 aliphatic rings. The van der Waals surface area contributed by atoms with Crippen molar-refractivity contribution in [3.8, 4) is 0 Å². The molecule has 0 bridgehead atoms. The maximum atomic E-state index is 11.6. The zero-order chi connectivity index (χ0) is 20.5. The number of pyridine rings is 1. The zero-order valence-electron chi connectivity index (χ0n) is 17.2. The number of esters is 1. The van der Waals surface area contributed by atoms with Gasteiger partial charge in [-0.2, -0.15) is 0 Å². The largest absolute Gasteiger partial charge is 0.469 e. The molecule has 2 aromatic rings. The lowest BCUT2D eigenvalue weighted by molar-refractivity contribution is -0.140. The fraction of sp³-hybridized carbons (Fsp3) is 0.500. The van der Waals surface area contributed by atoms with E-state index < -0.39 is 0 Å². The second kappa shape index (κ2) is 8.14. The van der Waals surface area contributed by atoms with Gasteiger partial charge in [-0.05, 0) is 69.1 Å². The molecule has 2 aromatic heterocycles. The van der Waals surface area contributed by atoms with E-state index in [1.54, 1.807) is 0 Å². The van der Waals surface area contributed by atoms with Crippen LogP contribution in [0.15, 0.2) is 30.5 Å². The Kier molecular flexibility index (Phi) is 5.58. The summed E-state index contributed by atoms with van der Waals surface area (Å²) in [5.41, 5.74) is 4.87. The van der Waals surface area contributed by atoms with E-state index in [2.05, 4.69) is 39.7 Å². The smallest absolute Gasteiger partial charge is 0.305 e. The minimum Gasteiger partial charge on any atom is -0.469 e. The van der Waals surface area contributed by atoms with E-state index in [0.29, 0.717) is 30.5 Å². The van der Waals surface area contributed by atoms with E-state index in [9.17, 15) is 4.79 Å². The highest BCUT2D eigenvalue weighted by Gasteiger charge is 2.41. The number of methoxy groups -OCH3 is 1. The fourth-order valence-electron chi connectivity index (χ4n) is 4.48. The molecular weight excluding hydrogens is 384 g/mol. The average molecular weight is 413 g/mol. The normalized spacial score (nSPS) is 21.3. The molecule has 0 unspecified atom stereocenters. The Hall–Kier alpha value is -2.41. The van der Waals surface area contributed by atoms with E-state index in [4.69, 9.17) is 17.0 Å². The van der Waals surface area contributed by atoms with Crippen LogP contribution >= 0.6 is 12.2 Å². The van der Waals surface area contributed by atoms with Crippen LogP contribution in [0, 0.1) is 13.8 Å². The van der Waals surface area contributed by atoms with Crippen LogP contribution < -0.4 is 5.32 Å². The Morgan fingerprint density at radius 3 is 2.79 bits per heavy atom. The summed E-state index contributed by atoms with van der Waals surface area (Å²) in [6.07, 6.45) is 5.41. The minimum atomic E-state index is -0.187. The third-order valence-electron chi connectivity index (χ3n) is 5.96. The van der Waals surface area contributed by atoms with Gasteiger partial charge in [-0.25, -0.2) is 0 Å². The van der Waals surface area contributed by atoms with Crippen molar-refractivity contribution in [1.29, 1.82) is 0 Å². The molecule has 0 radical (unpaired) electrons. The molecule has 3 heterocycles. The summed E-state index contributed by atoms with van der Waals surface area (Å²) in [5.74, 6) is -0.187. The second-order valence-corrected chi connectivity index (χ2v) is 8.31. The minimum absolute atomic E-state index is 0.0185. The maximum Gasteiger partial charge on any atom is 0.305 e. The van der Waals surface area contributed by atoms with Crippen LogP contribution in [0.5, 0.6) is 0 Å². The SMILES string of the molecule is COC(=O)CCCN1C(=S)N[C@H](c2ccccn2)[C@@H]1c1cc(C)n(C2CC2)c1C. The Labute approximate surface area is 177 Å². The van der Waals surface area contributed by atoms with Crippen LogP contribution in [0.3, 0.4) is 0 Å². The van der Waals surface area contributed by atoms with Gasteiger partial charge in [0.1, 0.15) is 0 Å². The van der Waals surface area contributed by atoms with Gasteiger partial charge in [-0.15, -0.1) is 0 Å². The van der Waals surface area contributed by atoms with Crippen molar-refractivity contribution in [2.75, 3.05) is 13.7 Å². The zero-order valence-corrected chi connectivity index (χ0v) is 18.0. The molecule has 1 N–H and O–H groups in total. The van der Waals surface area contributed by atoms with Crippen LogP contribution in [-0.2, 0) is 9.53 Å². The fourth-order valence-corrected chi connectivity index (χ4v) is 4.81. The summed E-state index contributed by atoms with van der Waals surface area (Å²) in [6, 6.07) is 8.95. The van der Waals surface area contributed by atoms with Crippen molar-refractivity contribution in [2.45, 2.75) is 57.7 Å². The third-order valence-corrected chi connectivity index (χ3v) is 6.31. The van der Waals surface area contributed by atoms with Gasteiger partial charge < -0.3 is 19.5 Å². The highest BCUT2D eigenvalue weighted by molar-refractivity contribution is 7.80. The van der Waals surface area contributed by atoms with Gasteiger partial charge in [0, 0.05) is 36.6 Å². The van der Waals surface area contributed by atoms with Gasteiger partial charge in [0.15, 0.2) is 5.11 Å². The molecule has 1 aliphatic carbocycles. The summed E-state index contributed by atoms with van der Waals surface area (Å²) < 4.78 is 7.27. The summed E-state index contributed by atoms with van der Waals surface area (Å²) in [4.78, 5) is 18.4. The van der Waals surface area contributed by atoms with E-state index in [1.807, 2.05) is 24.4 Å². The molecule has 6 nitrogen and oxygen atoms in total. The number of rotatable bonds is 7. The number of hydrogen-bond acceptors (Lipinski definition) is 4. The number of hydrogen-bond donors (Lipinski definition) is 1.